The van der Waals surface area contributed by atoms with Crippen LogP contribution in [0.2, 0.25) is 0 Å². The maximum atomic E-state index is 13.9. The summed E-state index contributed by atoms with van der Waals surface area (Å²) in [5.41, 5.74) is 2.92. The first-order valence-electron chi connectivity index (χ1n) is 11.8. The van der Waals surface area contributed by atoms with Crippen molar-refractivity contribution in [2.45, 2.75) is 31.3 Å². The quantitative estimate of drug-likeness (QED) is 0.182. The van der Waals surface area contributed by atoms with Crippen molar-refractivity contribution in [2.75, 3.05) is 26.0 Å². The summed E-state index contributed by atoms with van der Waals surface area (Å²) in [5, 5.41) is 0.427. The molecular formula is C26H26N4O3S3. The van der Waals surface area contributed by atoms with Crippen molar-refractivity contribution in [1.29, 1.82) is 0 Å². The maximum absolute atomic E-state index is 13.9. The van der Waals surface area contributed by atoms with Crippen LogP contribution in [-0.4, -0.2) is 50.9 Å². The molecule has 0 aliphatic carbocycles. The number of thioether (sulfide) groups is 1. The van der Waals surface area contributed by atoms with Crippen LogP contribution in [0, 0.1) is 3.95 Å². The summed E-state index contributed by atoms with van der Waals surface area (Å²) in [4.78, 5) is 33.6. The largest absolute Gasteiger partial charge is 0.495 e. The predicted octanol–water partition coefficient (Wildman–Crippen LogP) is 5.25. The number of thiazole rings is 1. The zero-order valence-corrected chi connectivity index (χ0v) is 22.5. The molecule has 0 bridgehead atoms. The molecule has 1 saturated heterocycles. The fraction of sp³-hybridized carbons (Fsp3) is 0.308. The Labute approximate surface area is 222 Å². The summed E-state index contributed by atoms with van der Waals surface area (Å²) in [7, 11) is 1.57. The summed E-state index contributed by atoms with van der Waals surface area (Å²) >= 11 is 8.20. The van der Waals surface area contributed by atoms with Gasteiger partial charge in [-0.2, -0.15) is 0 Å². The lowest BCUT2D eigenvalue weighted by Gasteiger charge is -2.17. The van der Waals surface area contributed by atoms with E-state index in [2.05, 4.69) is 19.1 Å². The van der Waals surface area contributed by atoms with Crippen molar-refractivity contribution in [3.8, 4) is 17.1 Å². The third-order valence-electron chi connectivity index (χ3n) is 6.29. The van der Waals surface area contributed by atoms with Gasteiger partial charge < -0.3 is 9.64 Å². The Kier molecular flexibility index (Phi) is 7.27. The zero-order valence-electron chi connectivity index (χ0n) is 20.1. The smallest absolute Gasteiger partial charge is 0.278 e. The average molecular weight is 539 g/mol. The van der Waals surface area contributed by atoms with E-state index in [4.69, 9.17) is 21.9 Å². The molecule has 2 aromatic heterocycles. The van der Waals surface area contributed by atoms with Crippen LogP contribution in [0.1, 0.15) is 25.3 Å². The van der Waals surface area contributed by atoms with Gasteiger partial charge in [0.25, 0.3) is 5.56 Å². The Morgan fingerprint density at radius 3 is 2.53 bits per heavy atom. The van der Waals surface area contributed by atoms with Gasteiger partial charge in [0.2, 0.25) is 5.91 Å². The van der Waals surface area contributed by atoms with Gasteiger partial charge in [0.1, 0.15) is 10.4 Å². The highest BCUT2D eigenvalue weighted by atomic mass is 32.2. The van der Waals surface area contributed by atoms with Crippen LogP contribution in [0.5, 0.6) is 5.75 Å². The number of carbonyl (C=O) groups is 1. The van der Waals surface area contributed by atoms with Gasteiger partial charge in [-0.05, 0) is 61.3 Å². The number of carbonyl (C=O) groups excluding carboxylic acids is 1. The van der Waals surface area contributed by atoms with Crippen molar-refractivity contribution in [2.24, 2.45) is 0 Å². The van der Waals surface area contributed by atoms with Gasteiger partial charge in [-0.25, -0.2) is 4.98 Å². The minimum Gasteiger partial charge on any atom is -0.495 e. The molecule has 7 nitrogen and oxygen atoms in total. The molecule has 1 aliphatic heterocycles. The zero-order chi connectivity index (χ0) is 25.2. The number of para-hydroxylation sites is 2. The normalized spacial score (nSPS) is 13.4. The summed E-state index contributed by atoms with van der Waals surface area (Å²) in [5.74, 6) is 0.797. The fourth-order valence-corrected chi connectivity index (χ4v) is 6.55. The van der Waals surface area contributed by atoms with E-state index in [9.17, 15) is 9.59 Å². The number of methoxy groups -OCH3 is 1. The number of benzene rings is 2. The average Bonchev–Trinajstić information content (AvgIpc) is 3.56. The summed E-state index contributed by atoms with van der Waals surface area (Å²) < 4.78 is 9.94. The second-order valence-corrected chi connectivity index (χ2v) is 11.0. The standard InChI is InChI=1S/C26H26N4O3S3/c1-3-17-10-12-18(13-11-17)29-23-22(36-26(29)34)24(32)30(19-8-4-5-9-20(19)33-2)25(27-23)35-16-21(31)28-14-6-7-15-28/h4-5,8-13H,3,6-7,14-16H2,1-2H3. The minimum atomic E-state index is -0.236. The third kappa shape index (κ3) is 4.60. The number of hydrogen-bond donors (Lipinski definition) is 0. The number of aryl methyl sites for hydroxylation is 1. The highest BCUT2D eigenvalue weighted by Gasteiger charge is 2.23. The van der Waals surface area contributed by atoms with Gasteiger partial charge in [-0.15, -0.1) is 0 Å². The molecule has 4 aromatic rings. The van der Waals surface area contributed by atoms with Crippen LogP contribution in [0.4, 0.5) is 0 Å². The van der Waals surface area contributed by atoms with Crippen molar-refractivity contribution < 1.29 is 9.53 Å². The fourth-order valence-electron chi connectivity index (χ4n) is 4.35. The molecular weight excluding hydrogens is 513 g/mol. The molecule has 1 fully saturated rings. The predicted molar refractivity (Wildman–Crippen MR) is 148 cm³/mol. The monoisotopic (exact) mass is 538 g/mol. The van der Waals surface area contributed by atoms with E-state index in [1.807, 2.05) is 39.8 Å². The van der Waals surface area contributed by atoms with E-state index in [-0.39, 0.29) is 17.2 Å². The maximum Gasteiger partial charge on any atom is 0.278 e. The topological polar surface area (TPSA) is 69.4 Å². The van der Waals surface area contributed by atoms with E-state index < -0.39 is 0 Å². The van der Waals surface area contributed by atoms with Crippen LogP contribution in [0.15, 0.2) is 58.5 Å². The van der Waals surface area contributed by atoms with Gasteiger partial charge in [0.15, 0.2) is 14.8 Å². The van der Waals surface area contributed by atoms with Crippen LogP contribution < -0.4 is 10.3 Å². The van der Waals surface area contributed by atoms with Crippen molar-refractivity contribution in [3.63, 3.8) is 0 Å². The van der Waals surface area contributed by atoms with Crippen molar-refractivity contribution in [3.05, 3.63) is 68.4 Å². The molecule has 1 aliphatic rings. The van der Waals surface area contributed by atoms with Gasteiger partial charge >= 0.3 is 0 Å². The minimum absolute atomic E-state index is 0.0516. The highest BCUT2D eigenvalue weighted by molar-refractivity contribution is 7.99. The molecule has 0 N–H and O–H groups in total. The second kappa shape index (κ2) is 10.6. The number of amides is 1. The molecule has 0 atom stereocenters. The molecule has 36 heavy (non-hydrogen) atoms. The van der Waals surface area contributed by atoms with E-state index in [0.717, 1.165) is 38.0 Å². The number of hydrogen-bond acceptors (Lipinski definition) is 7. The summed E-state index contributed by atoms with van der Waals surface area (Å²) in [6.45, 7) is 3.67. The number of nitrogens with zero attached hydrogens (tertiary/aromatic N) is 4. The number of likely N-dealkylation sites (tertiary alicyclic amines) is 1. The molecule has 1 amide bonds. The van der Waals surface area contributed by atoms with E-state index in [1.54, 1.807) is 17.7 Å². The van der Waals surface area contributed by atoms with Gasteiger partial charge in [0.05, 0.1) is 18.6 Å². The summed E-state index contributed by atoms with van der Waals surface area (Å²) in [6, 6.07) is 15.4. The molecule has 2 aromatic carbocycles. The molecule has 0 unspecified atom stereocenters. The van der Waals surface area contributed by atoms with Crippen LogP contribution in [-0.2, 0) is 11.2 Å². The molecule has 0 saturated carbocycles. The first-order chi connectivity index (χ1) is 17.5. The Morgan fingerprint density at radius 1 is 1.11 bits per heavy atom. The lowest BCUT2D eigenvalue weighted by Crippen LogP contribution is -2.29. The number of fused-ring (bicyclic) bond motifs is 1. The van der Waals surface area contributed by atoms with Gasteiger partial charge in [-0.3, -0.25) is 18.7 Å². The molecule has 186 valence electrons. The van der Waals surface area contributed by atoms with Crippen LogP contribution in [0.3, 0.4) is 0 Å². The highest BCUT2D eigenvalue weighted by Crippen LogP contribution is 2.30. The Morgan fingerprint density at radius 2 is 1.83 bits per heavy atom. The molecule has 10 heteroatoms. The van der Waals surface area contributed by atoms with Crippen LogP contribution in [0.25, 0.3) is 21.7 Å². The van der Waals surface area contributed by atoms with Crippen molar-refractivity contribution in [1.82, 2.24) is 19.0 Å². The van der Waals surface area contributed by atoms with Crippen LogP contribution >= 0.6 is 35.3 Å². The van der Waals surface area contributed by atoms with Crippen molar-refractivity contribution >= 4 is 51.6 Å². The first kappa shape index (κ1) is 24.7. The number of rotatable bonds is 7. The third-order valence-corrected chi connectivity index (χ3v) is 8.56. The van der Waals surface area contributed by atoms with Gasteiger partial charge in [0, 0.05) is 18.8 Å². The van der Waals surface area contributed by atoms with Gasteiger partial charge in [-0.1, -0.05) is 54.3 Å². The Hall–Kier alpha value is -2.95. The van der Waals surface area contributed by atoms with E-state index in [1.165, 1.54) is 28.7 Å². The Bertz CT molecular complexity index is 1530. The SMILES string of the molecule is CCc1ccc(-n2c(=S)sc3c(=O)n(-c4ccccc4OC)c(SCC(=O)N4CCCC4)nc32)cc1. The molecule has 0 spiro atoms. The lowest BCUT2D eigenvalue weighted by molar-refractivity contribution is -0.127. The second-order valence-electron chi connectivity index (χ2n) is 8.46. The molecule has 5 rings (SSSR count). The number of ether oxygens (including phenoxy) is 1. The summed E-state index contributed by atoms with van der Waals surface area (Å²) in [6.07, 6.45) is 2.99. The van der Waals surface area contributed by atoms with E-state index >= 15 is 0 Å². The molecule has 0 radical (unpaired) electrons. The Balaban J connectivity index is 1.68. The first-order valence-corrected chi connectivity index (χ1v) is 14.0. The molecule has 3 heterocycles. The lowest BCUT2D eigenvalue weighted by atomic mass is 10.1. The van der Waals surface area contributed by atoms with E-state index in [0.29, 0.717) is 30.9 Å². The number of aromatic nitrogens is 3.